The highest BCUT2D eigenvalue weighted by molar-refractivity contribution is 14.0. The first-order valence-corrected chi connectivity index (χ1v) is 6.93. The molecule has 5 heteroatoms. The third kappa shape index (κ3) is 8.13. The van der Waals surface area contributed by atoms with E-state index >= 15 is 0 Å². The van der Waals surface area contributed by atoms with Gasteiger partial charge in [0.15, 0.2) is 5.96 Å². The Morgan fingerprint density at radius 1 is 1.22 bits per heavy atom. The molecule has 0 unspecified atom stereocenters. The van der Waals surface area contributed by atoms with Crippen molar-refractivity contribution in [2.45, 2.75) is 51.6 Å². The fraction of sp³-hybridized carbons (Fsp3) is 0.923. The van der Waals surface area contributed by atoms with Gasteiger partial charge in [-0.3, -0.25) is 4.99 Å². The number of aliphatic imine (C=N–C) groups is 1. The number of rotatable bonds is 6. The summed E-state index contributed by atoms with van der Waals surface area (Å²) in [4.78, 5) is 4.12. The largest absolute Gasteiger partial charge is 0.378 e. The summed E-state index contributed by atoms with van der Waals surface area (Å²) < 4.78 is 5.86. The molecular formula is C13H28IN3O. The Morgan fingerprint density at radius 3 is 2.56 bits per heavy atom. The zero-order chi connectivity index (χ0) is 12.3. The van der Waals surface area contributed by atoms with Gasteiger partial charge in [-0.1, -0.05) is 19.3 Å². The van der Waals surface area contributed by atoms with E-state index in [0.717, 1.165) is 32.1 Å². The lowest BCUT2D eigenvalue weighted by Gasteiger charge is -2.22. The van der Waals surface area contributed by atoms with E-state index in [4.69, 9.17) is 4.74 Å². The van der Waals surface area contributed by atoms with Crippen LogP contribution >= 0.6 is 24.0 Å². The van der Waals surface area contributed by atoms with Gasteiger partial charge >= 0.3 is 0 Å². The van der Waals surface area contributed by atoms with Crippen LogP contribution in [0.25, 0.3) is 0 Å². The molecule has 18 heavy (non-hydrogen) atoms. The number of halogens is 1. The van der Waals surface area contributed by atoms with E-state index in [1.165, 1.54) is 32.1 Å². The van der Waals surface area contributed by atoms with Gasteiger partial charge in [0.2, 0.25) is 0 Å². The molecule has 0 aromatic carbocycles. The van der Waals surface area contributed by atoms with Crippen molar-refractivity contribution < 1.29 is 4.74 Å². The molecule has 0 heterocycles. The van der Waals surface area contributed by atoms with Crippen molar-refractivity contribution in [1.29, 1.82) is 0 Å². The van der Waals surface area contributed by atoms with Crippen LogP contribution in [0.1, 0.15) is 45.4 Å². The predicted molar refractivity (Wildman–Crippen MR) is 87.9 cm³/mol. The Hall–Kier alpha value is -0.0400. The maximum Gasteiger partial charge on any atom is 0.190 e. The molecule has 1 aliphatic rings. The van der Waals surface area contributed by atoms with Crippen molar-refractivity contribution in [2.24, 2.45) is 4.99 Å². The molecule has 0 radical (unpaired) electrons. The summed E-state index contributed by atoms with van der Waals surface area (Å²) in [7, 11) is 1.80. The number of hydrogen-bond acceptors (Lipinski definition) is 2. The van der Waals surface area contributed by atoms with Gasteiger partial charge in [-0.2, -0.15) is 0 Å². The first-order valence-electron chi connectivity index (χ1n) is 6.93. The zero-order valence-corrected chi connectivity index (χ0v) is 14.0. The normalized spacial score (nSPS) is 17.1. The molecule has 0 atom stereocenters. The second-order valence-electron chi connectivity index (χ2n) is 4.51. The van der Waals surface area contributed by atoms with E-state index in [2.05, 4.69) is 22.5 Å². The first kappa shape index (κ1) is 18.0. The molecule has 1 fully saturated rings. The smallest absolute Gasteiger partial charge is 0.190 e. The third-order valence-electron chi connectivity index (χ3n) is 3.09. The second kappa shape index (κ2) is 12.0. The van der Waals surface area contributed by atoms with E-state index in [-0.39, 0.29) is 24.0 Å². The van der Waals surface area contributed by atoms with E-state index in [0.29, 0.717) is 6.10 Å². The monoisotopic (exact) mass is 369 g/mol. The molecule has 1 rings (SSSR count). The van der Waals surface area contributed by atoms with Crippen LogP contribution in [0.15, 0.2) is 4.99 Å². The van der Waals surface area contributed by atoms with Gasteiger partial charge < -0.3 is 15.4 Å². The molecule has 2 N–H and O–H groups in total. The van der Waals surface area contributed by atoms with E-state index < -0.39 is 0 Å². The predicted octanol–water partition coefficient (Wildman–Crippen LogP) is 2.53. The maximum absolute atomic E-state index is 5.86. The van der Waals surface area contributed by atoms with Crippen molar-refractivity contribution in [3.8, 4) is 0 Å². The van der Waals surface area contributed by atoms with E-state index in [1.807, 2.05) is 0 Å². The molecule has 1 aliphatic carbocycles. The van der Waals surface area contributed by atoms with Crippen molar-refractivity contribution in [3.63, 3.8) is 0 Å². The van der Waals surface area contributed by atoms with Crippen LogP contribution < -0.4 is 10.6 Å². The molecule has 0 saturated heterocycles. The van der Waals surface area contributed by atoms with Crippen LogP contribution in [0.2, 0.25) is 0 Å². The number of nitrogens with one attached hydrogen (secondary N) is 2. The molecule has 0 aromatic rings. The quantitative estimate of drug-likeness (QED) is 0.327. The number of ether oxygens (including phenoxy) is 1. The summed E-state index contributed by atoms with van der Waals surface area (Å²) in [6.45, 7) is 4.75. The molecule has 0 spiro atoms. The minimum Gasteiger partial charge on any atom is -0.378 e. The zero-order valence-electron chi connectivity index (χ0n) is 11.7. The molecular weight excluding hydrogens is 341 g/mol. The van der Waals surface area contributed by atoms with Gasteiger partial charge in [0.05, 0.1) is 6.10 Å². The Labute approximate surface area is 128 Å². The number of nitrogens with zero attached hydrogens (tertiary/aromatic N) is 1. The summed E-state index contributed by atoms with van der Waals surface area (Å²) >= 11 is 0. The highest BCUT2D eigenvalue weighted by Crippen LogP contribution is 2.20. The Balaban J connectivity index is 0.00000289. The minimum atomic E-state index is 0. The highest BCUT2D eigenvalue weighted by atomic mass is 127. The SMILES string of the molecule is CCNC(=NC)NCCCOC1CCCCC1.I. The molecule has 0 aromatic heterocycles. The lowest BCUT2D eigenvalue weighted by atomic mass is 9.98. The van der Waals surface area contributed by atoms with Crippen molar-refractivity contribution in [2.75, 3.05) is 26.7 Å². The van der Waals surface area contributed by atoms with Crippen LogP contribution in [0.4, 0.5) is 0 Å². The van der Waals surface area contributed by atoms with Gasteiger partial charge in [0, 0.05) is 26.7 Å². The summed E-state index contributed by atoms with van der Waals surface area (Å²) in [6, 6.07) is 0. The number of hydrogen-bond donors (Lipinski definition) is 2. The summed E-state index contributed by atoms with van der Waals surface area (Å²) in [6.07, 6.45) is 8.16. The minimum absolute atomic E-state index is 0. The van der Waals surface area contributed by atoms with E-state index in [1.54, 1.807) is 7.05 Å². The molecule has 0 bridgehead atoms. The van der Waals surface area contributed by atoms with Crippen molar-refractivity contribution >= 4 is 29.9 Å². The highest BCUT2D eigenvalue weighted by Gasteiger charge is 2.12. The van der Waals surface area contributed by atoms with Crippen molar-refractivity contribution in [1.82, 2.24) is 10.6 Å². The Kier molecular flexibility index (Phi) is 12.0. The summed E-state index contributed by atoms with van der Waals surface area (Å²) in [5.41, 5.74) is 0. The van der Waals surface area contributed by atoms with Crippen LogP contribution in [-0.4, -0.2) is 38.8 Å². The maximum atomic E-state index is 5.86. The van der Waals surface area contributed by atoms with Gasteiger partial charge in [0.25, 0.3) is 0 Å². The summed E-state index contributed by atoms with van der Waals surface area (Å²) in [5, 5.41) is 6.44. The third-order valence-corrected chi connectivity index (χ3v) is 3.09. The average molecular weight is 369 g/mol. The average Bonchev–Trinajstić information content (AvgIpc) is 2.38. The van der Waals surface area contributed by atoms with Crippen LogP contribution in [0, 0.1) is 0 Å². The van der Waals surface area contributed by atoms with Crippen LogP contribution in [-0.2, 0) is 4.74 Å². The fourth-order valence-corrected chi connectivity index (χ4v) is 2.15. The standard InChI is InChI=1S/C13H27N3O.HI/c1-3-15-13(14-2)16-10-7-11-17-12-8-5-4-6-9-12;/h12H,3-11H2,1-2H3,(H2,14,15,16);1H. The number of guanidine groups is 1. The molecule has 1 saturated carbocycles. The van der Waals surface area contributed by atoms with Gasteiger partial charge in [-0.05, 0) is 26.2 Å². The lowest BCUT2D eigenvalue weighted by molar-refractivity contribution is 0.0277. The first-order chi connectivity index (χ1) is 8.36. The molecule has 4 nitrogen and oxygen atoms in total. The Bertz CT molecular complexity index is 218. The van der Waals surface area contributed by atoms with Gasteiger partial charge in [-0.25, -0.2) is 0 Å². The van der Waals surface area contributed by atoms with Gasteiger partial charge in [-0.15, -0.1) is 24.0 Å². The molecule has 0 amide bonds. The van der Waals surface area contributed by atoms with Crippen LogP contribution in [0.5, 0.6) is 0 Å². The Morgan fingerprint density at radius 2 is 1.94 bits per heavy atom. The molecule has 0 aliphatic heterocycles. The van der Waals surface area contributed by atoms with Crippen molar-refractivity contribution in [3.05, 3.63) is 0 Å². The summed E-state index contributed by atoms with van der Waals surface area (Å²) in [5.74, 6) is 0.880. The van der Waals surface area contributed by atoms with Crippen LogP contribution in [0.3, 0.4) is 0 Å². The fourth-order valence-electron chi connectivity index (χ4n) is 2.15. The van der Waals surface area contributed by atoms with Gasteiger partial charge in [0.1, 0.15) is 0 Å². The second-order valence-corrected chi connectivity index (χ2v) is 4.51. The molecule has 108 valence electrons. The lowest BCUT2D eigenvalue weighted by Crippen LogP contribution is -2.37. The topological polar surface area (TPSA) is 45.7 Å². The van der Waals surface area contributed by atoms with E-state index in [9.17, 15) is 0 Å².